The number of amides is 1. The number of aliphatic hydroxyl groups excluding tert-OH is 1. The number of carbonyl (C=O) groups is 1. The molecule has 6 nitrogen and oxygen atoms in total. The molecule has 1 aliphatic rings. The van der Waals surface area contributed by atoms with Gasteiger partial charge in [0.2, 0.25) is 0 Å². The van der Waals surface area contributed by atoms with Gasteiger partial charge in [-0.1, -0.05) is 24.0 Å². The Balaban J connectivity index is 1.98. The van der Waals surface area contributed by atoms with Crippen LogP contribution in [0.25, 0.3) is 0 Å². The molecule has 0 radical (unpaired) electrons. The number of carbonyl (C=O) groups excluding carboxylic acids is 1. The smallest absolute Gasteiger partial charge is 0.264 e. The van der Waals surface area contributed by atoms with Crippen molar-refractivity contribution in [3.8, 4) is 23.7 Å². The van der Waals surface area contributed by atoms with Crippen molar-refractivity contribution in [2.45, 2.75) is 30.9 Å². The van der Waals surface area contributed by atoms with Crippen LogP contribution in [0.15, 0.2) is 24.3 Å². The van der Waals surface area contributed by atoms with Crippen molar-refractivity contribution < 1.29 is 23.5 Å². The summed E-state index contributed by atoms with van der Waals surface area (Å²) in [6, 6.07) is 7.25. The Morgan fingerprint density at radius 3 is 2.48 bits per heavy atom. The van der Waals surface area contributed by atoms with Gasteiger partial charge in [-0.25, -0.2) is 13.9 Å². The summed E-state index contributed by atoms with van der Waals surface area (Å²) < 4.78 is 22.2. The van der Waals surface area contributed by atoms with Gasteiger partial charge in [-0.05, 0) is 61.6 Å². The van der Waals surface area contributed by atoms with Crippen molar-refractivity contribution in [1.29, 1.82) is 0 Å². The zero-order valence-corrected chi connectivity index (χ0v) is 16.1. The van der Waals surface area contributed by atoms with Crippen LogP contribution in [0.4, 0.5) is 0 Å². The van der Waals surface area contributed by atoms with Gasteiger partial charge in [0.25, 0.3) is 5.91 Å². The van der Waals surface area contributed by atoms with E-state index < -0.39 is 20.5 Å². The van der Waals surface area contributed by atoms with Gasteiger partial charge in [0.15, 0.2) is 9.84 Å². The molecule has 0 aromatic heterocycles. The fourth-order valence-corrected chi connectivity index (χ4v) is 3.44. The van der Waals surface area contributed by atoms with E-state index in [1.165, 1.54) is 12.4 Å². The van der Waals surface area contributed by atoms with Crippen molar-refractivity contribution in [1.82, 2.24) is 5.48 Å². The van der Waals surface area contributed by atoms with Gasteiger partial charge in [0, 0.05) is 24.3 Å². The Morgan fingerprint density at radius 1 is 1.30 bits per heavy atom. The number of hydrogen-bond donors (Lipinski definition) is 3. The number of sulfone groups is 1. The van der Waals surface area contributed by atoms with Crippen molar-refractivity contribution in [2.75, 3.05) is 12.9 Å². The minimum absolute atomic E-state index is 0.0438. The summed E-state index contributed by atoms with van der Waals surface area (Å²) in [5.41, 5.74) is 3.08. The molecule has 0 spiro atoms. The molecule has 3 atom stereocenters. The topological polar surface area (TPSA) is 104 Å². The molecule has 0 heterocycles. The summed E-state index contributed by atoms with van der Waals surface area (Å²) in [7, 11) is -3.70. The highest BCUT2D eigenvalue weighted by Gasteiger charge is 2.43. The maximum Gasteiger partial charge on any atom is 0.264 e. The average molecular weight is 389 g/mol. The van der Waals surface area contributed by atoms with E-state index in [0.717, 1.165) is 23.8 Å². The molecule has 1 fully saturated rings. The van der Waals surface area contributed by atoms with Gasteiger partial charge in [-0.15, -0.1) is 0 Å². The number of nitrogens with one attached hydrogen (secondary N) is 1. The molecule has 1 aromatic rings. The summed E-state index contributed by atoms with van der Waals surface area (Å²) in [6.45, 7) is 1.47. The van der Waals surface area contributed by atoms with E-state index in [2.05, 4.69) is 23.7 Å². The maximum absolute atomic E-state index is 12.0. The number of hydrogen-bond acceptors (Lipinski definition) is 5. The molecule has 1 aromatic carbocycles. The number of rotatable bonds is 6. The van der Waals surface area contributed by atoms with E-state index in [9.17, 15) is 13.2 Å². The third-order valence-electron chi connectivity index (χ3n) is 4.93. The Kier molecular flexibility index (Phi) is 6.67. The zero-order valence-electron chi connectivity index (χ0n) is 15.3. The summed E-state index contributed by atoms with van der Waals surface area (Å²) in [6.07, 6.45) is 2.31. The lowest BCUT2D eigenvalue weighted by Crippen LogP contribution is -2.49. The summed E-state index contributed by atoms with van der Waals surface area (Å²) in [4.78, 5) is 11.8. The molecule has 1 amide bonds. The van der Waals surface area contributed by atoms with Crippen molar-refractivity contribution in [3.05, 3.63) is 35.4 Å². The molecule has 144 valence electrons. The van der Waals surface area contributed by atoms with Crippen LogP contribution in [0.3, 0.4) is 0 Å². The first-order chi connectivity index (χ1) is 12.7. The average Bonchev–Trinajstić information content (AvgIpc) is 3.41. The summed E-state index contributed by atoms with van der Waals surface area (Å²) >= 11 is 0. The Morgan fingerprint density at radius 2 is 1.96 bits per heavy atom. The van der Waals surface area contributed by atoms with Gasteiger partial charge < -0.3 is 5.11 Å². The van der Waals surface area contributed by atoms with E-state index in [0.29, 0.717) is 12.3 Å². The number of aryl methyl sites for hydroxylation is 1. The van der Waals surface area contributed by atoms with Crippen LogP contribution in [0.2, 0.25) is 0 Å². The predicted molar refractivity (Wildman–Crippen MR) is 101 cm³/mol. The number of hydroxylamine groups is 1. The quantitative estimate of drug-likeness (QED) is 0.381. The molecule has 7 heteroatoms. The van der Waals surface area contributed by atoms with E-state index >= 15 is 0 Å². The van der Waals surface area contributed by atoms with Crippen LogP contribution in [-0.4, -0.2) is 42.2 Å². The van der Waals surface area contributed by atoms with Gasteiger partial charge in [0.1, 0.15) is 4.75 Å². The Hall–Kier alpha value is -2.32. The first-order valence-electron chi connectivity index (χ1n) is 8.56. The highest BCUT2D eigenvalue weighted by molar-refractivity contribution is 7.92. The van der Waals surface area contributed by atoms with Crippen LogP contribution in [0.5, 0.6) is 0 Å². The molecular weight excluding hydrogens is 366 g/mol. The van der Waals surface area contributed by atoms with Crippen molar-refractivity contribution in [3.63, 3.8) is 0 Å². The van der Waals surface area contributed by atoms with E-state index in [-0.39, 0.29) is 18.9 Å². The number of aliphatic hydroxyl groups is 1. The molecule has 0 bridgehead atoms. The van der Waals surface area contributed by atoms with Gasteiger partial charge in [0.05, 0.1) is 0 Å². The third-order valence-corrected chi connectivity index (χ3v) is 6.96. The zero-order chi connectivity index (χ0) is 20.1. The molecule has 27 heavy (non-hydrogen) atoms. The SMILES string of the molecule is CC(CCc1ccc(C#CC#CC2C[C@@H]2CO)cc1)(C(=O)NO)S(C)(=O)=O. The summed E-state index contributed by atoms with van der Waals surface area (Å²) in [5, 5.41) is 17.8. The van der Waals surface area contributed by atoms with Crippen LogP contribution < -0.4 is 5.48 Å². The predicted octanol–water partition coefficient (Wildman–Crippen LogP) is 0.911. The molecule has 2 unspecified atom stereocenters. The minimum Gasteiger partial charge on any atom is -0.396 e. The van der Waals surface area contributed by atoms with Crippen LogP contribution in [0.1, 0.15) is 30.9 Å². The van der Waals surface area contributed by atoms with Crippen LogP contribution in [0, 0.1) is 35.5 Å². The van der Waals surface area contributed by atoms with Gasteiger partial charge in [-0.2, -0.15) is 0 Å². The highest BCUT2D eigenvalue weighted by Crippen LogP contribution is 2.36. The molecule has 3 N–H and O–H groups in total. The largest absolute Gasteiger partial charge is 0.396 e. The molecule has 1 saturated carbocycles. The summed E-state index contributed by atoms with van der Waals surface area (Å²) in [5.74, 6) is 11.1. The fourth-order valence-electron chi connectivity index (χ4n) is 2.58. The lowest BCUT2D eigenvalue weighted by atomic mass is 9.99. The van der Waals surface area contributed by atoms with E-state index in [1.807, 2.05) is 24.3 Å². The Bertz CT molecular complexity index is 915. The monoisotopic (exact) mass is 389 g/mol. The van der Waals surface area contributed by atoms with Crippen LogP contribution >= 0.6 is 0 Å². The van der Waals surface area contributed by atoms with Crippen molar-refractivity contribution in [2.24, 2.45) is 11.8 Å². The second-order valence-electron chi connectivity index (χ2n) is 6.95. The third kappa shape index (κ3) is 5.33. The lowest BCUT2D eigenvalue weighted by molar-refractivity contribution is -0.131. The standard InChI is InChI=1S/C20H23NO5S/c1-20(19(23)21-24,27(2,25)26)12-11-16-9-7-15(8-10-16)5-3-4-6-17-13-18(17)14-22/h7-10,17-18,22,24H,11-14H2,1-2H3,(H,21,23)/t17?,18-,20?/m1/s1. The normalized spacial score (nSPS) is 20.3. The molecular formula is C20H23NO5S. The molecule has 0 saturated heterocycles. The molecule has 2 rings (SSSR count). The van der Waals surface area contributed by atoms with Crippen LogP contribution in [-0.2, 0) is 21.1 Å². The molecule has 1 aliphatic carbocycles. The van der Waals surface area contributed by atoms with E-state index in [4.69, 9.17) is 10.3 Å². The second-order valence-corrected chi connectivity index (χ2v) is 9.39. The first kappa shape index (κ1) is 21.0. The Labute approximate surface area is 159 Å². The lowest BCUT2D eigenvalue weighted by Gasteiger charge is -2.25. The van der Waals surface area contributed by atoms with Gasteiger partial charge in [-0.3, -0.25) is 10.0 Å². The highest BCUT2D eigenvalue weighted by atomic mass is 32.2. The molecule has 0 aliphatic heterocycles. The second kappa shape index (κ2) is 8.58. The van der Waals surface area contributed by atoms with Gasteiger partial charge >= 0.3 is 0 Å². The minimum atomic E-state index is -3.70. The van der Waals surface area contributed by atoms with E-state index in [1.54, 1.807) is 0 Å². The van der Waals surface area contributed by atoms with Crippen molar-refractivity contribution >= 4 is 15.7 Å². The fraction of sp³-hybridized carbons (Fsp3) is 0.450. The maximum atomic E-state index is 12.0. The first-order valence-corrected chi connectivity index (χ1v) is 10.5. The number of benzene rings is 1.